The van der Waals surface area contributed by atoms with E-state index in [0.29, 0.717) is 17.2 Å². The van der Waals surface area contributed by atoms with Crippen LogP contribution in [-0.4, -0.2) is 40.8 Å². The molecule has 2 atom stereocenters. The van der Waals surface area contributed by atoms with Crippen LogP contribution < -0.4 is 19.1 Å². The van der Waals surface area contributed by atoms with Crippen LogP contribution in [0.25, 0.3) is 0 Å². The predicted molar refractivity (Wildman–Crippen MR) is 114 cm³/mol. The van der Waals surface area contributed by atoms with E-state index in [-0.39, 0.29) is 6.04 Å². The molecule has 1 N–H and O–H groups in total. The van der Waals surface area contributed by atoms with Crippen molar-refractivity contribution in [1.82, 2.24) is 5.32 Å². The van der Waals surface area contributed by atoms with Crippen LogP contribution >= 0.6 is 0 Å². The fraction of sp³-hybridized carbons (Fsp3) is 0.381. The van der Waals surface area contributed by atoms with Crippen LogP contribution in [0.3, 0.4) is 0 Å². The lowest BCUT2D eigenvalue weighted by Crippen LogP contribution is -2.48. The zero-order chi connectivity index (χ0) is 21.8. The Labute approximate surface area is 172 Å². The molecule has 8 heteroatoms. The molecule has 2 rings (SSSR count). The highest BCUT2D eigenvalue weighted by Crippen LogP contribution is 2.30. The number of carbonyl (C=O) groups is 1. The van der Waals surface area contributed by atoms with Gasteiger partial charge in [0.2, 0.25) is 15.9 Å². The van der Waals surface area contributed by atoms with Gasteiger partial charge in [-0.25, -0.2) is 8.42 Å². The van der Waals surface area contributed by atoms with Crippen LogP contribution in [0.4, 0.5) is 5.69 Å². The van der Waals surface area contributed by atoms with Gasteiger partial charge < -0.3 is 14.8 Å². The molecule has 158 valence electrons. The molecule has 0 aliphatic heterocycles. The second-order valence-corrected chi connectivity index (χ2v) is 8.77. The highest BCUT2D eigenvalue weighted by atomic mass is 32.2. The molecule has 0 saturated carbocycles. The number of ether oxygens (including phenoxy) is 2. The molecule has 0 heterocycles. The van der Waals surface area contributed by atoms with E-state index < -0.39 is 22.0 Å². The van der Waals surface area contributed by atoms with Gasteiger partial charge in [0.25, 0.3) is 0 Å². The normalized spacial score (nSPS) is 13.3. The Balaban J connectivity index is 2.24. The quantitative estimate of drug-likeness (QED) is 0.710. The van der Waals surface area contributed by atoms with E-state index in [0.717, 1.165) is 21.7 Å². The lowest BCUT2D eigenvalue weighted by Gasteiger charge is -2.29. The third kappa shape index (κ3) is 5.41. The van der Waals surface area contributed by atoms with Gasteiger partial charge >= 0.3 is 0 Å². The number of hydrogen-bond donors (Lipinski definition) is 1. The van der Waals surface area contributed by atoms with E-state index in [1.54, 1.807) is 45.4 Å². The van der Waals surface area contributed by atoms with E-state index in [2.05, 4.69) is 5.32 Å². The van der Waals surface area contributed by atoms with Crippen molar-refractivity contribution in [2.75, 3.05) is 24.8 Å². The first kappa shape index (κ1) is 22.5. The van der Waals surface area contributed by atoms with Crippen molar-refractivity contribution in [3.8, 4) is 11.5 Å². The molecule has 0 saturated heterocycles. The van der Waals surface area contributed by atoms with E-state index in [9.17, 15) is 13.2 Å². The first-order chi connectivity index (χ1) is 13.6. The molecule has 7 nitrogen and oxygen atoms in total. The number of anilines is 1. The van der Waals surface area contributed by atoms with Gasteiger partial charge in [0.05, 0.1) is 32.2 Å². The van der Waals surface area contributed by atoms with Gasteiger partial charge in [0, 0.05) is 0 Å². The summed E-state index contributed by atoms with van der Waals surface area (Å²) in [6.45, 7) is 5.30. The van der Waals surface area contributed by atoms with Crippen LogP contribution in [-0.2, 0) is 14.8 Å². The number of hydrogen-bond acceptors (Lipinski definition) is 5. The summed E-state index contributed by atoms with van der Waals surface area (Å²) in [6, 6.07) is 11.1. The van der Waals surface area contributed by atoms with Crippen LogP contribution in [0.5, 0.6) is 11.5 Å². The Morgan fingerprint density at radius 2 is 1.59 bits per heavy atom. The number of nitrogens with one attached hydrogen (secondary N) is 1. The standard InChI is InChI=1S/C21H28N2O5S/c1-14-7-10-18(11-8-14)23(29(6,25)26)16(3)21(24)22-15(2)17-9-12-19(27-4)20(13-17)28-5/h7-13,15-16H,1-6H3,(H,22,24). The zero-order valence-electron chi connectivity index (χ0n) is 17.6. The van der Waals surface area contributed by atoms with Crippen LogP contribution in [0.2, 0.25) is 0 Å². The van der Waals surface area contributed by atoms with Gasteiger partial charge in [0.1, 0.15) is 6.04 Å². The topological polar surface area (TPSA) is 84.9 Å². The smallest absolute Gasteiger partial charge is 0.244 e. The lowest BCUT2D eigenvalue weighted by atomic mass is 10.1. The second kappa shape index (κ2) is 9.17. The Morgan fingerprint density at radius 1 is 1.00 bits per heavy atom. The Bertz CT molecular complexity index is 958. The summed E-state index contributed by atoms with van der Waals surface area (Å²) in [4.78, 5) is 12.9. The molecule has 0 aromatic heterocycles. The summed E-state index contributed by atoms with van der Waals surface area (Å²) in [5.74, 6) is 0.737. The van der Waals surface area contributed by atoms with Crippen molar-refractivity contribution in [2.24, 2.45) is 0 Å². The average molecular weight is 421 g/mol. The van der Waals surface area contributed by atoms with E-state index >= 15 is 0 Å². The van der Waals surface area contributed by atoms with Crippen LogP contribution in [0.15, 0.2) is 42.5 Å². The molecule has 2 aromatic carbocycles. The number of methoxy groups -OCH3 is 2. The minimum absolute atomic E-state index is 0.357. The van der Waals surface area contributed by atoms with Crippen molar-refractivity contribution in [3.63, 3.8) is 0 Å². The van der Waals surface area contributed by atoms with E-state index in [1.165, 1.54) is 0 Å². The van der Waals surface area contributed by atoms with Gasteiger partial charge in [-0.3, -0.25) is 9.10 Å². The SMILES string of the molecule is COc1ccc(C(C)NC(=O)C(C)N(c2ccc(C)cc2)S(C)(=O)=O)cc1OC. The number of amides is 1. The van der Waals surface area contributed by atoms with Crippen molar-refractivity contribution < 1.29 is 22.7 Å². The Hall–Kier alpha value is -2.74. The summed E-state index contributed by atoms with van der Waals surface area (Å²) < 4.78 is 36.4. The fourth-order valence-electron chi connectivity index (χ4n) is 3.04. The molecule has 2 aromatic rings. The summed E-state index contributed by atoms with van der Waals surface area (Å²) in [6.07, 6.45) is 1.09. The van der Waals surface area contributed by atoms with Gasteiger partial charge in [-0.2, -0.15) is 0 Å². The average Bonchev–Trinajstić information content (AvgIpc) is 2.67. The number of nitrogens with zero attached hydrogens (tertiary/aromatic N) is 1. The Kier molecular flexibility index (Phi) is 7.13. The molecule has 1 amide bonds. The monoisotopic (exact) mass is 420 g/mol. The number of rotatable bonds is 8. The maximum Gasteiger partial charge on any atom is 0.244 e. The van der Waals surface area contributed by atoms with Crippen molar-refractivity contribution >= 4 is 21.6 Å². The third-order valence-corrected chi connectivity index (χ3v) is 5.88. The minimum Gasteiger partial charge on any atom is -0.493 e. The first-order valence-corrected chi connectivity index (χ1v) is 11.0. The van der Waals surface area contributed by atoms with E-state index in [1.807, 2.05) is 32.0 Å². The fourth-order valence-corrected chi connectivity index (χ4v) is 4.21. The number of sulfonamides is 1. The number of aryl methyl sites for hydroxylation is 1. The number of benzene rings is 2. The molecule has 0 spiro atoms. The van der Waals surface area contributed by atoms with Crippen molar-refractivity contribution in [1.29, 1.82) is 0 Å². The molecule has 0 aliphatic carbocycles. The molecule has 0 radical (unpaired) electrons. The van der Waals surface area contributed by atoms with Gasteiger partial charge in [-0.1, -0.05) is 23.8 Å². The first-order valence-electron chi connectivity index (χ1n) is 9.16. The zero-order valence-corrected chi connectivity index (χ0v) is 18.4. The van der Waals surface area contributed by atoms with Gasteiger partial charge in [-0.05, 0) is 50.6 Å². The summed E-state index contributed by atoms with van der Waals surface area (Å²) >= 11 is 0. The summed E-state index contributed by atoms with van der Waals surface area (Å²) in [7, 11) is -0.568. The molecule has 0 bridgehead atoms. The predicted octanol–water partition coefficient (Wildman–Crippen LogP) is 3.04. The highest BCUT2D eigenvalue weighted by molar-refractivity contribution is 7.92. The second-order valence-electron chi connectivity index (χ2n) is 6.92. The molecule has 29 heavy (non-hydrogen) atoms. The molecule has 0 aliphatic rings. The summed E-state index contributed by atoms with van der Waals surface area (Å²) in [5.41, 5.74) is 2.25. The highest BCUT2D eigenvalue weighted by Gasteiger charge is 2.30. The van der Waals surface area contributed by atoms with Crippen molar-refractivity contribution in [3.05, 3.63) is 53.6 Å². The molecule has 2 unspecified atom stereocenters. The largest absolute Gasteiger partial charge is 0.493 e. The van der Waals surface area contributed by atoms with Crippen molar-refractivity contribution in [2.45, 2.75) is 32.9 Å². The molecular weight excluding hydrogens is 392 g/mol. The maximum absolute atomic E-state index is 12.9. The molecule has 0 fully saturated rings. The maximum atomic E-state index is 12.9. The minimum atomic E-state index is -3.66. The Morgan fingerprint density at radius 3 is 2.10 bits per heavy atom. The lowest BCUT2D eigenvalue weighted by molar-refractivity contribution is -0.122. The van der Waals surface area contributed by atoms with Crippen LogP contribution in [0.1, 0.15) is 31.0 Å². The van der Waals surface area contributed by atoms with Gasteiger partial charge in [-0.15, -0.1) is 0 Å². The van der Waals surface area contributed by atoms with Crippen LogP contribution in [0, 0.1) is 6.92 Å². The van der Waals surface area contributed by atoms with Gasteiger partial charge in [0.15, 0.2) is 11.5 Å². The molecular formula is C21H28N2O5S. The number of carbonyl (C=O) groups excluding carboxylic acids is 1. The third-order valence-electron chi connectivity index (χ3n) is 4.64. The summed E-state index contributed by atoms with van der Waals surface area (Å²) in [5, 5.41) is 2.88. The van der Waals surface area contributed by atoms with E-state index in [4.69, 9.17) is 9.47 Å².